The zero-order valence-corrected chi connectivity index (χ0v) is 10.9. The van der Waals surface area contributed by atoms with Crippen LogP contribution in [0.5, 0.6) is 0 Å². The van der Waals surface area contributed by atoms with E-state index in [-0.39, 0.29) is 6.54 Å². The Bertz CT molecular complexity index is 772. The van der Waals surface area contributed by atoms with Gasteiger partial charge in [-0.05, 0) is 18.2 Å². The predicted molar refractivity (Wildman–Crippen MR) is 71.7 cm³/mol. The molecule has 1 N–H and O–H groups in total. The van der Waals surface area contributed by atoms with E-state index in [9.17, 15) is 8.78 Å². The van der Waals surface area contributed by atoms with Gasteiger partial charge in [0.25, 0.3) is 0 Å². The molecule has 0 aliphatic heterocycles. The number of hydrogen-bond acceptors (Lipinski definition) is 3. The van der Waals surface area contributed by atoms with Gasteiger partial charge >= 0.3 is 0 Å². The first-order chi connectivity index (χ1) is 9.61. The van der Waals surface area contributed by atoms with Crippen molar-refractivity contribution < 1.29 is 8.78 Å². The van der Waals surface area contributed by atoms with Gasteiger partial charge in [0.05, 0.1) is 5.02 Å². The van der Waals surface area contributed by atoms with E-state index in [1.807, 2.05) is 0 Å². The molecule has 2 heterocycles. The Morgan fingerprint density at radius 2 is 2.05 bits per heavy atom. The summed E-state index contributed by atoms with van der Waals surface area (Å²) in [7, 11) is 0. The Morgan fingerprint density at radius 1 is 1.20 bits per heavy atom. The van der Waals surface area contributed by atoms with Gasteiger partial charge in [-0.15, -0.1) is 5.10 Å². The third kappa shape index (κ3) is 2.55. The smallest absolute Gasteiger partial charge is 0.243 e. The summed E-state index contributed by atoms with van der Waals surface area (Å²) in [6.45, 7) is 0.163. The summed E-state index contributed by atoms with van der Waals surface area (Å²) in [4.78, 5) is 4.20. The van der Waals surface area contributed by atoms with Gasteiger partial charge in [0.15, 0.2) is 5.65 Å². The van der Waals surface area contributed by atoms with E-state index < -0.39 is 11.6 Å². The Hall–Kier alpha value is -2.21. The van der Waals surface area contributed by atoms with Crippen LogP contribution in [0.4, 0.5) is 14.7 Å². The van der Waals surface area contributed by atoms with Crippen molar-refractivity contribution >= 4 is 23.2 Å². The molecule has 3 rings (SSSR count). The lowest BCUT2D eigenvalue weighted by Gasteiger charge is -2.03. The van der Waals surface area contributed by atoms with Gasteiger partial charge in [0.2, 0.25) is 5.95 Å². The monoisotopic (exact) mass is 294 g/mol. The van der Waals surface area contributed by atoms with E-state index in [4.69, 9.17) is 11.6 Å². The van der Waals surface area contributed by atoms with Crippen LogP contribution in [0.25, 0.3) is 5.65 Å². The van der Waals surface area contributed by atoms with Crippen LogP contribution in [0.1, 0.15) is 5.56 Å². The lowest BCUT2D eigenvalue weighted by atomic mass is 10.2. The van der Waals surface area contributed by atoms with Crippen LogP contribution in [0, 0.1) is 11.6 Å². The van der Waals surface area contributed by atoms with Gasteiger partial charge in [0, 0.05) is 24.4 Å². The highest BCUT2D eigenvalue weighted by atomic mass is 35.5. The molecule has 3 aromatic rings. The summed E-state index contributed by atoms with van der Waals surface area (Å²) in [5.74, 6) is -0.868. The van der Waals surface area contributed by atoms with E-state index in [0.29, 0.717) is 22.2 Å². The summed E-state index contributed by atoms with van der Waals surface area (Å²) >= 11 is 5.84. The van der Waals surface area contributed by atoms with E-state index in [1.54, 1.807) is 18.3 Å². The van der Waals surface area contributed by atoms with Gasteiger partial charge in [-0.3, -0.25) is 0 Å². The summed E-state index contributed by atoms with van der Waals surface area (Å²) in [5.41, 5.74) is 0.958. The second-order valence-corrected chi connectivity index (χ2v) is 4.61. The molecule has 0 aliphatic rings. The highest BCUT2D eigenvalue weighted by molar-refractivity contribution is 6.30. The normalized spacial score (nSPS) is 10.9. The average molecular weight is 295 g/mol. The standard InChI is InChI=1S/C13H9ClF2N4/c14-9-2-4-12-18-13(19-20(12)7-9)17-6-8-1-3-10(15)5-11(8)16/h1-5,7H,6H2,(H,17,19). The number of rotatable bonds is 3. The summed E-state index contributed by atoms with van der Waals surface area (Å²) in [5, 5.41) is 7.57. The third-order valence-corrected chi connectivity index (χ3v) is 2.97. The van der Waals surface area contributed by atoms with Crippen molar-refractivity contribution in [2.24, 2.45) is 0 Å². The molecule has 0 spiro atoms. The first-order valence-electron chi connectivity index (χ1n) is 5.81. The molecular weight excluding hydrogens is 286 g/mol. The topological polar surface area (TPSA) is 42.2 Å². The van der Waals surface area contributed by atoms with Crippen molar-refractivity contribution in [3.8, 4) is 0 Å². The van der Waals surface area contributed by atoms with E-state index in [1.165, 1.54) is 16.6 Å². The molecule has 2 aromatic heterocycles. The van der Waals surface area contributed by atoms with Crippen molar-refractivity contribution in [1.29, 1.82) is 0 Å². The molecule has 0 aliphatic carbocycles. The number of pyridine rings is 1. The third-order valence-electron chi connectivity index (χ3n) is 2.75. The summed E-state index contributed by atoms with van der Waals surface area (Å²) in [6.07, 6.45) is 1.62. The van der Waals surface area contributed by atoms with Crippen molar-refractivity contribution in [1.82, 2.24) is 14.6 Å². The van der Waals surface area contributed by atoms with Crippen LogP contribution in [0.15, 0.2) is 36.5 Å². The highest BCUT2D eigenvalue weighted by Gasteiger charge is 2.06. The van der Waals surface area contributed by atoms with Crippen LogP contribution in [0.3, 0.4) is 0 Å². The van der Waals surface area contributed by atoms with E-state index in [0.717, 1.165) is 6.07 Å². The molecule has 0 bridgehead atoms. The Kier molecular flexibility index (Phi) is 3.23. The maximum absolute atomic E-state index is 13.5. The molecule has 20 heavy (non-hydrogen) atoms. The number of hydrogen-bond donors (Lipinski definition) is 1. The van der Waals surface area contributed by atoms with Gasteiger partial charge in [-0.2, -0.15) is 4.98 Å². The molecule has 0 atom stereocenters. The number of nitrogens with one attached hydrogen (secondary N) is 1. The zero-order valence-electron chi connectivity index (χ0n) is 10.1. The molecule has 0 unspecified atom stereocenters. The van der Waals surface area contributed by atoms with Gasteiger partial charge in [0.1, 0.15) is 11.6 Å². The molecule has 102 valence electrons. The molecule has 0 saturated carbocycles. The molecule has 4 nitrogen and oxygen atoms in total. The van der Waals surface area contributed by atoms with Crippen molar-refractivity contribution in [3.63, 3.8) is 0 Å². The number of fused-ring (bicyclic) bond motifs is 1. The summed E-state index contributed by atoms with van der Waals surface area (Å²) in [6, 6.07) is 6.85. The number of halogens is 3. The van der Waals surface area contributed by atoms with Crippen molar-refractivity contribution in [2.75, 3.05) is 5.32 Å². The second-order valence-electron chi connectivity index (χ2n) is 4.17. The minimum atomic E-state index is -0.607. The molecule has 1 aromatic carbocycles. The average Bonchev–Trinajstić information content (AvgIpc) is 2.79. The van der Waals surface area contributed by atoms with Gasteiger partial charge in [-0.25, -0.2) is 13.3 Å². The van der Waals surface area contributed by atoms with Crippen LogP contribution >= 0.6 is 11.6 Å². The molecule has 7 heteroatoms. The fourth-order valence-corrected chi connectivity index (χ4v) is 1.93. The fraction of sp³-hybridized carbons (Fsp3) is 0.0769. The second kappa shape index (κ2) is 5.05. The molecule has 0 saturated heterocycles. The largest absolute Gasteiger partial charge is 0.349 e. The first-order valence-corrected chi connectivity index (χ1v) is 6.19. The lowest BCUT2D eigenvalue weighted by molar-refractivity contribution is 0.574. The Balaban J connectivity index is 1.79. The van der Waals surface area contributed by atoms with E-state index >= 15 is 0 Å². The molecule has 0 fully saturated rings. The van der Waals surface area contributed by atoms with Gasteiger partial charge < -0.3 is 5.32 Å². The van der Waals surface area contributed by atoms with Crippen molar-refractivity contribution in [2.45, 2.75) is 6.54 Å². The Labute approximate surface area is 118 Å². The highest BCUT2D eigenvalue weighted by Crippen LogP contribution is 2.14. The van der Waals surface area contributed by atoms with Gasteiger partial charge in [-0.1, -0.05) is 17.7 Å². The number of nitrogens with zero attached hydrogens (tertiary/aromatic N) is 3. The first kappa shape index (κ1) is 12.8. The van der Waals surface area contributed by atoms with Crippen molar-refractivity contribution in [3.05, 3.63) is 58.7 Å². The maximum atomic E-state index is 13.5. The lowest BCUT2D eigenvalue weighted by Crippen LogP contribution is -2.03. The molecule has 0 amide bonds. The Morgan fingerprint density at radius 3 is 2.85 bits per heavy atom. The minimum Gasteiger partial charge on any atom is -0.349 e. The molecular formula is C13H9ClF2N4. The predicted octanol–water partition coefficient (Wildman–Crippen LogP) is 3.27. The van der Waals surface area contributed by atoms with E-state index in [2.05, 4.69) is 15.4 Å². The number of aromatic nitrogens is 3. The molecule has 0 radical (unpaired) electrons. The van der Waals surface area contributed by atoms with Crippen LogP contribution < -0.4 is 5.32 Å². The zero-order chi connectivity index (χ0) is 14.1. The SMILES string of the molecule is Fc1ccc(CNc2nc3ccc(Cl)cn3n2)c(F)c1. The van der Waals surface area contributed by atoms with Crippen LogP contribution in [0.2, 0.25) is 5.02 Å². The van der Waals surface area contributed by atoms with Crippen LogP contribution in [-0.2, 0) is 6.54 Å². The maximum Gasteiger partial charge on any atom is 0.243 e. The summed E-state index contributed by atoms with van der Waals surface area (Å²) < 4.78 is 27.8. The minimum absolute atomic E-state index is 0.163. The number of anilines is 1. The quantitative estimate of drug-likeness (QED) is 0.806. The fourth-order valence-electron chi connectivity index (χ4n) is 1.77. The number of benzene rings is 1. The van der Waals surface area contributed by atoms with Crippen LogP contribution in [-0.4, -0.2) is 14.6 Å².